The van der Waals surface area contributed by atoms with Crippen LogP contribution in [-0.2, 0) is 13.1 Å². The Bertz CT molecular complexity index is 568. The van der Waals surface area contributed by atoms with Crippen LogP contribution in [0.1, 0.15) is 24.7 Å². The van der Waals surface area contributed by atoms with Crippen LogP contribution in [0, 0.1) is 12.7 Å². The minimum atomic E-state index is -0.264. The minimum absolute atomic E-state index is 0.264. The zero-order chi connectivity index (χ0) is 15.1. The Morgan fingerprint density at radius 3 is 2.90 bits per heavy atom. The lowest BCUT2D eigenvalue weighted by Crippen LogP contribution is -2.14. The number of nitrogens with one attached hydrogen (secondary N) is 1. The van der Waals surface area contributed by atoms with Crippen LogP contribution in [0.3, 0.4) is 0 Å². The summed E-state index contributed by atoms with van der Waals surface area (Å²) in [5, 5.41) is 3.26. The number of ether oxygens (including phenoxy) is 1. The lowest BCUT2D eigenvalue weighted by atomic mass is 10.2. The van der Waals surface area contributed by atoms with E-state index in [4.69, 9.17) is 4.74 Å². The fourth-order valence-electron chi connectivity index (χ4n) is 2.12. The molecule has 2 rings (SSSR count). The van der Waals surface area contributed by atoms with Crippen LogP contribution < -0.4 is 10.1 Å². The second kappa shape index (κ2) is 7.78. The summed E-state index contributed by atoms with van der Waals surface area (Å²) in [5.74, 6) is 1.25. The molecule has 0 fully saturated rings. The third-order valence-corrected chi connectivity index (χ3v) is 3.21. The molecule has 0 saturated carbocycles. The summed E-state index contributed by atoms with van der Waals surface area (Å²) in [4.78, 5) is 4.15. The smallest absolute Gasteiger partial charge is 0.127 e. The van der Waals surface area contributed by atoms with Crippen molar-refractivity contribution in [1.29, 1.82) is 0 Å². The van der Waals surface area contributed by atoms with Crippen LogP contribution in [0.2, 0.25) is 0 Å². The summed E-state index contributed by atoms with van der Waals surface area (Å²) in [6.07, 6.45) is 4.72. The van der Waals surface area contributed by atoms with Gasteiger partial charge in [0.2, 0.25) is 0 Å². The molecule has 0 aliphatic rings. The average Bonchev–Trinajstić information content (AvgIpc) is 2.84. The summed E-state index contributed by atoms with van der Waals surface area (Å²) in [6, 6.07) is 4.84. The summed E-state index contributed by atoms with van der Waals surface area (Å²) in [7, 11) is 0. The minimum Gasteiger partial charge on any atom is -0.492 e. The Kier molecular flexibility index (Phi) is 5.75. The molecule has 1 aromatic carbocycles. The first kappa shape index (κ1) is 15.5. The Morgan fingerprint density at radius 1 is 1.33 bits per heavy atom. The van der Waals surface area contributed by atoms with Gasteiger partial charge in [0.25, 0.3) is 0 Å². The molecule has 1 aromatic heterocycles. The lowest BCUT2D eigenvalue weighted by molar-refractivity contribution is 0.295. The maximum atomic E-state index is 13.6. The largest absolute Gasteiger partial charge is 0.492 e. The quantitative estimate of drug-likeness (QED) is 0.760. The highest BCUT2D eigenvalue weighted by atomic mass is 19.1. The molecule has 0 spiro atoms. The van der Waals surface area contributed by atoms with Gasteiger partial charge in [0.05, 0.1) is 6.54 Å². The molecule has 0 saturated heterocycles. The molecule has 0 unspecified atom stereocenters. The lowest BCUT2D eigenvalue weighted by Gasteiger charge is -2.10. The molecule has 0 atom stereocenters. The molecule has 4 nitrogen and oxygen atoms in total. The molecule has 2 aromatic rings. The molecule has 0 aliphatic carbocycles. The first-order valence-electron chi connectivity index (χ1n) is 7.29. The number of aryl methyl sites for hydroxylation is 1. The van der Waals surface area contributed by atoms with Gasteiger partial charge in [-0.1, -0.05) is 6.92 Å². The van der Waals surface area contributed by atoms with E-state index >= 15 is 0 Å². The van der Waals surface area contributed by atoms with E-state index in [1.807, 2.05) is 23.8 Å². The van der Waals surface area contributed by atoms with Gasteiger partial charge < -0.3 is 14.6 Å². The maximum Gasteiger partial charge on any atom is 0.127 e. The van der Waals surface area contributed by atoms with E-state index in [0.717, 1.165) is 24.4 Å². The van der Waals surface area contributed by atoms with Crippen molar-refractivity contribution < 1.29 is 9.13 Å². The van der Waals surface area contributed by atoms with Gasteiger partial charge in [0, 0.05) is 25.0 Å². The van der Waals surface area contributed by atoms with Crippen molar-refractivity contribution in [3.63, 3.8) is 0 Å². The Labute approximate surface area is 125 Å². The van der Waals surface area contributed by atoms with E-state index in [-0.39, 0.29) is 5.82 Å². The number of nitrogens with zero attached hydrogens (tertiary/aromatic N) is 2. The molecule has 5 heteroatoms. The predicted molar refractivity (Wildman–Crippen MR) is 80.9 cm³/mol. The second-order valence-electron chi connectivity index (χ2n) is 4.99. The van der Waals surface area contributed by atoms with E-state index in [2.05, 4.69) is 17.2 Å². The van der Waals surface area contributed by atoms with Gasteiger partial charge in [0.1, 0.15) is 24.0 Å². The van der Waals surface area contributed by atoms with E-state index in [1.54, 1.807) is 6.20 Å². The number of aromatic nitrogens is 2. The van der Waals surface area contributed by atoms with Gasteiger partial charge in [-0.15, -0.1) is 0 Å². The number of hydrogen-bond donors (Lipinski definition) is 1. The number of rotatable bonds is 8. The molecule has 0 amide bonds. The molecule has 0 radical (unpaired) electrons. The number of halogens is 1. The highest BCUT2D eigenvalue weighted by Gasteiger charge is 2.03. The van der Waals surface area contributed by atoms with Crippen LogP contribution >= 0.6 is 0 Å². The number of imidazole rings is 1. The van der Waals surface area contributed by atoms with Crippen LogP contribution in [0.4, 0.5) is 4.39 Å². The molecule has 1 heterocycles. The summed E-state index contributed by atoms with van der Waals surface area (Å²) in [6.45, 7) is 6.81. The van der Waals surface area contributed by atoms with Gasteiger partial charge in [-0.3, -0.25) is 0 Å². The van der Waals surface area contributed by atoms with E-state index < -0.39 is 0 Å². The van der Waals surface area contributed by atoms with Crippen molar-refractivity contribution in [2.45, 2.75) is 33.4 Å². The molecule has 1 N–H and O–H groups in total. The molecule has 21 heavy (non-hydrogen) atoms. The normalized spacial score (nSPS) is 10.8. The predicted octanol–water partition coefficient (Wildman–Crippen LogP) is 2.91. The number of benzene rings is 1. The summed E-state index contributed by atoms with van der Waals surface area (Å²) < 4.78 is 21.2. The van der Waals surface area contributed by atoms with Gasteiger partial charge in [0.15, 0.2) is 0 Å². The van der Waals surface area contributed by atoms with Crippen LogP contribution in [0.15, 0.2) is 30.6 Å². The SMILES string of the molecule is CCCNCc1cc(F)cc(OCCn2ccnc2C)c1. The van der Waals surface area contributed by atoms with Crippen molar-refractivity contribution in [1.82, 2.24) is 14.9 Å². The molecule has 114 valence electrons. The monoisotopic (exact) mass is 291 g/mol. The van der Waals surface area contributed by atoms with Crippen LogP contribution in [-0.4, -0.2) is 22.7 Å². The second-order valence-corrected chi connectivity index (χ2v) is 4.99. The Balaban J connectivity index is 1.88. The topological polar surface area (TPSA) is 39.1 Å². The summed E-state index contributed by atoms with van der Waals surface area (Å²) in [5.41, 5.74) is 0.900. The highest BCUT2D eigenvalue weighted by molar-refractivity contribution is 5.29. The van der Waals surface area contributed by atoms with Crippen molar-refractivity contribution in [3.8, 4) is 5.75 Å². The van der Waals surface area contributed by atoms with Gasteiger partial charge in [-0.2, -0.15) is 0 Å². The van der Waals surface area contributed by atoms with Gasteiger partial charge >= 0.3 is 0 Å². The van der Waals surface area contributed by atoms with Gasteiger partial charge in [-0.25, -0.2) is 9.37 Å². The average molecular weight is 291 g/mol. The van der Waals surface area contributed by atoms with Crippen molar-refractivity contribution in [2.24, 2.45) is 0 Å². The fraction of sp³-hybridized carbons (Fsp3) is 0.438. The number of hydrogen-bond acceptors (Lipinski definition) is 3. The van der Waals surface area contributed by atoms with Crippen molar-refractivity contribution >= 4 is 0 Å². The van der Waals surface area contributed by atoms with Gasteiger partial charge in [-0.05, 0) is 37.6 Å². The highest BCUT2D eigenvalue weighted by Crippen LogP contribution is 2.16. The third-order valence-electron chi connectivity index (χ3n) is 3.21. The van der Waals surface area contributed by atoms with E-state index in [9.17, 15) is 4.39 Å². The van der Waals surface area contributed by atoms with E-state index in [0.29, 0.717) is 25.4 Å². The van der Waals surface area contributed by atoms with Crippen LogP contribution in [0.5, 0.6) is 5.75 Å². The molecular weight excluding hydrogens is 269 g/mol. The first-order chi connectivity index (χ1) is 10.2. The molecular formula is C16H22FN3O. The van der Waals surface area contributed by atoms with Crippen LogP contribution in [0.25, 0.3) is 0 Å². The summed E-state index contributed by atoms with van der Waals surface area (Å²) >= 11 is 0. The maximum absolute atomic E-state index is 13.6. The first-order valence-corrected chi connectivity index (χ1v) is 7.29. The van der Waals surface area contributed by atoms with Crippen molar-refractivity contribution in [3.05, 3.63) is 47.8 Å². The molecule has 0 bridgehead atoms. The fourth-order valence-corrected chi connectivity index (χ4v) is 2.12. The third kappa shape index (κ3) is 4.86. The zero-order valence-electron chi connectivity index (χ0n) is 12.6. The van der Waals surface area contributed by atoms with E-state index in [1.165, 1.54) is 12.1 Å². The van der Waals surface area contributed by atoms with Crippen molar-refractivity contribution in [2.75, 3.05) is 13.2 Å². The zero-order valence-corrected chi connectivity index (χ0v) is 12.6. The Hall–Kier alpha value is -1.88. The standard InChI is InChI=1S/C16H22FN3O/c1-3-4-18-12-14-9-15(17)11-16(10-14)21-8-7-20-6-5-19-13(20)2/h5-6,9-11,18H,3-4,7-8,12H2,1-2H3. The molecule has 0 aliphatic heterocycles. The Morgan fingerprint density at radius 2 is 2.19 bits per heavy atom.